The van der Waals surface area contributed by atoms with Crippen molar-refractivity contribution in [1.82, 2.24) is 0 Å². The zero-order valence-corrected chi connectivity index (χ0v) is 21.8. The third-order valence-corrected chi connectivity index (χ3v) is 8.34. The number of hydrogen-bond acceptors (Lipinski definition) is 6. The highest BCUT2D eigenvalue weighted by atomic mass is 16.5. The van der Waals surface area contributed by atoms with Crippen molar-refractivity contribution in [3.8, 4) is 23.0 Å². The van der Waals surface area contributed by atoms with E-state index >= 15 is 0 Å². The monoisotopic (exact) mass is 504 g/mol. The molecular formula is C31H36O6. The van der Waals surface area contributed by atoms with Crippen molar-refractivity contribution in [1.29, 1.82) is 0 Å². The highest BCUT2D eigenvalue weighted by molar-refractivity contribution is 5.70. The zero-order chi connectivity index (χ0) is 26.0. The lowest BCUT2D eigenvalue weighted by Crippen LogP contribution is -2.57. The predicted octanol–water partition coefficient (Wildman–Crippen LogP) is 6.78. The fourth-order valence-corrected chi connectivity index (χ4v) is 7.13. The van der Waals surface area contributed by atoms with Gasteiger partial charge in [0.25, 0.3) is 0 Å². The molecule has 1 aliphatic heterocycles. The Bertz CT molecular complexity index is 1190. The number of hydrogen-bond donors (Lipinski definition) is 0. The number of esters is 2. The SMILES string of the molecule is C=CCOc1cc(OC(C)=O)ccc1C12CCCCC1C1(CCCCC1)c1ccc(OC(C)=O)cc1O2. The summed E-state index contributed by atoms with van der Waals surface area (Å²) in [6.07, 6.45) is 11.7. The predicted molar refractivity (Wildman–Crippen MR) is 140 cm³/mol. The largest absolute Gasteiger partial charge is 0.489 e. The fourth-order valence-electron chi connectivity index (χ4n) is 7.13. The van der Waals surface area contributed by atoms with E-state index in [2.05, 4.69) is 12.6 Å². The third kappa shape index (κ3) is 4.62. The lowest BCUT2D eigenvalue weighted by Gasteiger charge is -2.58. The number of carbonyl (C=O) groups excluding carboxylic acids is 2. The molecule has 196 valence electrons. The normalized spacial score (nSPS) is 23.7. The van der Waals surface area contributed by atoms with Crippen molar-refractivity contribution >= 4 is 11.9 Å². The summed E-state index contributed by atoms with van der Waals surface area (Å²) in [6.45, 7) is 6.95. The minimum atomic E-state index is -0.608. The molecule has 3 aliphatic rings. The first-order valence-electron chi connectivity index (χ1n) is 13.5. The van der Waals surface area contributed by atoms with Crippen molar-refractivity contribution in [2.75, 3.05) is 6.61 Å². The van der Waals surface area contributed by atoms with Gasteiger partial charge in [-0.25, -0.2) is 0 Å². The summed E-state index contributed by atoms with van der Waals surface area (Å²) < 4.78 is 24.1. The topological polar surface area (TPSA) is 71.1 Å². The molecule has 0 radical (unpaired) electrons. The Labute approximate surface area is 218 Å². The van der Waals surface area contributed by atoms with Crippen molar-refractivity contribution < 1.29 is 28.5 Å². The van der Waals surface area contributed by atoms with E-state index < -0.39 is 5.60 Å². The minimum Gasteiger partial charge on any atom is -0.489 e. The quantitative estimate of drug-likeness (QED) is 0.245. The fraction of sp³-hybridized carbons (Fsp3) is 0.484. The van der Waals surface area contributed by atoms with E-state index in [0.717, 1.165) is 49.8 Å². The van der Waals surface area contributed by atoms with E-state index in [1.165, 1.54) is 38.7 Å². The lowest BCUT2D eigenvalue weighted by molar-refractivity contribution is -0.132. The van der Waals surface area contributed by atoms with Gasteiger partial charge in [0.15, 0.2) is 0 Å². The van der Waals surface area contributed by atoms with E-state index in [9.17, 15) is 9.59 Å². The molecular weight excluding hydrogens is 468 g/mol. The van der Waals surface area contributed by atoms with Gasteiger partial charge in [-0.2, -0.15) is 0 Å². The van der Waals surface area contributed by atoms with Gasteiger partial charge in [-0.15, -0.1) is 0 Å². The van der Waals surface area contributed by atoms with Gasteiger partial charge in [-0.1, -0.05) is 44.4 Å². The van der Waals surface area contributed by atoms with E-state index in [-0.39, 0.29) is 23.3 Å². The molecule has 0 bridgehead atoms. The highest BCUT2D eigenvalue weighted by Gasteiger charge is 2.59. The van der Waals surface area contributed by atoms with Crippen molar-refractivity contribution in [3.63, 3.8) is 0 Å². The van der Waals surface area contributed by atoms with E-state index in [1.807, 2.05) is 24.3 Å². The van der Waals surface area contributed by atoms with Gasteiger partial charge in [-0.3, -0.25) is 9.59 Å². The van der Waals surface area contributed by atoms with E-state index in [0.29, 0.717) is 23.9 Å². The molecule has 2 aromatic rings. The summed E-state index contributed by atoms with van der Waals surface area (Å²) in [5, 5.41) is 0. The second kappa shape index (κ2) is 10.2. The van der Waals surface area contributed by atoms with E-state index in [1.54, 1.807) is 12.1 Å². The Balaban J connectivity index is 1.70. The third-order valence-electron chi connectivity index (χ3n) is 8.34. The van der Waals surface area contributed by atoms with Crippen molar-refractivity contribution in [3.05, 3.63) is 60.2 Å². The number of carbonyl (C=O) groups is 2. The van der Waals surface area contributed by atoms with Crippen LogP contribution < -0.4 is 18.9 Å². The van der Waals surface area contributed by atoms with Crippen LogP contribution in [0.5, 0.6) is 23.0 Å². The molecule has 37 heavy (non-hydrogen) atoms. The van der Waals surface area contributed by atoms with Crippen LogP contribution in [0.2, 0.25) is 0 Å². The smallest absolute Gasteiger partial charge is 0.308 e. The highest BCUT2D eigenvalue weighted by Crippen LogP contribution is 2.64. The first-order chi connectivity index (χ1) is 17.9. The Morgan fingerprint density at radius 1 is 0.919 bits per heavy atom. The molecule has 0 aromatic heterocycles. The van der Waals surface area contributed by atoms with Crippen LogP contribution in [0.25, 0.3) is 0 Å². The summed E-state index contributed by atoms with van der Waals surface area (Å²) in [7, 11) is 0. The van der Waals surface area contributed by atoms with Crippen LogP contribution in [0.15, 0.2) is 49.1 Å². The van der Waals surface area contributed by atoms with Crippen LogP contribution in [0.4, 0.5) is 0 Å². The molecule has 1 heterocycles. The molecule has 2 unspecified atom stereocenters. The average molecular weight is 505 g/mol. The van der Waals surface area contributed by atoms with Crippen molar-refractivity contribution in [2.24, 2.45) is 5.92 Å². The van der Waals surface area contributed by atoms with Gasteiger partial charge in [-0.05, 0) is 50.3 Å². The summed E-state index contributed by atoms with van der Waals surface area (Å²) >= 11 is 0. The maximum absolute atomic E-state index is 11.7. The standard InChI is InChI=1S/C31H36O6/c1-4-18-34-27-19-23(35-21(2)32)12-14-26(27)31-17-9-6-10-29(31)30(15-7-5-8-16-30)25-13-11-24(36-22(3)33)20-28(25)37-31/h4,11-14,19-20,29H,1,5-10,15-18H2,2-3H3. The molecule has 2 aliphatic carbocycles. The molecule has 1 spiro atoms. The van der Waals surface area contributed by atoms with Gasteiger partial charge in [0.2, 0.25) is 0 Å². The number of benzene rings is 2. The summed E-state index contributed by atoms with van der Waals surface area (Å²) in [4.78, 5) is 23.4. The lowest BCUT2D eigenvalue weighted by atomic mass is 9.51. The summed E-state index contributed by atoms with van der Waals surface area (Å²) in [6, 6.07) is 11.5. The van der Waals surface area contributed by atoms with Gasteiger partial charge in [0.05, 0.1) is 0 Å². The van der Waals surface area contributed by atoms with Gasteiger partial charge in [0.1, 0.15) is 35.2 Å². The number of rotatable bonds is 6. The van der Waals surface area contributed by atoms with Gasteiger partial charge in [0, 0.05) is 48.4 Å². The van der Waals surface area contributed by atoms with Crippen molar-refractivity contribution in [2.45, 2.75) is 82.7 Å². The molecule has 0 N–H and O–H groups in total. The van der Waals surface area contributed by atoms with Crippen LogP contribution in [0.3, 0.4) is 0 Å². The minimum absolute atomic E-state index is 0.0225. The first kappa shape index (κ1) is 25.4. The molecule has 5 rings (SSSR count). The summed E-state index contributed by atoms with van der Waals surface area (Å²) in [5.41, 5.74) is 1.58. The molecule has 2 fully saturated rings. The Morgan fingerprint density at radius 2 is 1.57 bits per heavy atom. The van der Waals surface area contributed by atoms with Crippen LogP contribution in [-0.4, -0.2) is 18.5 Å². The van der Waals surface area contributed by atoms with E-state index in [4.69, 9.17) is 18.9 Å². The van der Waals surface area contributed by atoms with Gasteiger partial charge >= 0.3 is 11.9 Å². The maximum Gasteiger partial charge on any atom is 0.308 e. The second-order valence-electron chi connectivity index (χ2n) is 10.6. The molecule has 0 saturated heterocycles. The zero-order valence-electron chi connectivity index (χ0n) is 21.8. The second-order valence-corrected chi connectivity index (χ2v) is 10.6. The first-order valence-corrected chi connectivity index (χ1v) is 13.5. The Hall–Kier alpha value is -3.28. The van der Waals surface area contributed by atoms with Crippen LogP contribution >= 0.6 is 0 Å². The molecule has 6 heteroatoms. The van der Waals surface area contributed by atoms with Crippen LogP contribution in [0.1, 0.15) is 82.8 Å². The maximum atomic E-state index is 11.7. The molecule has 0 amide bonds. The number of fused-ring (bicyclic) bond motifs is 4. The van der Waals surface area contributed by atoms with Crippen LogP contribution in [0, 0.1) is 5.92 Å². The summed E-state index contributed by atoms with van der Waals surface area (Å²) in [5.74, 6) is 1.92. The molecule has 2 saturated carbocycles. The molecule has 2 aromatic carbocycles. The molecule has 2 atom stereocenters. The molecule has 6 nitrogen and oxygen atoms in total. The number of ether oxygens (including phenoxy) is 4. The Morgan fingerprint density at radius 3 is 2.24 bits per heavy atom. The average Bonchev–Trinajstić information content (AvgIpc) is 2.87. The Kier molecular flexibility index (Phi) is 7.02. The van der Waals surface area contributed by atoms with Crippen LogP contribution in [-0.2, 0) is 20.6 Å². The van der Waals surface area contributed by atoms with Gasteiger partial charge < -0.3 is 18.9 Å².